The van der Waals surface area contributed by atoms with Gasteiger partial charge in [-0.1, -0.05) is 6.07 Å². The van der Waals surface area contributed by atoms with Crippen LogP contribution in [0.25, 0.3) is 0 Å². The van der Waals surface area contributed by atoms with Crippen LogP contribution in [0.5, 0.6) is 0 Å². The first-order valence-electron chi connectivity index (χ1n) is 7.40. The quantitative estimate of drug-likeness (QED) is 0.844. The second-order valence-corrected chi connectivity index (χ2v) is 7.87. The van der Waals surface area contributed by atoms with Gasteiger partial charge in [0.25, 0.3) is 5.91 Å². The zero-order valence-corrected chi connectivity index (χ0v) is 14.6. The second-order valence-electron chi connectivity index (χ2n) is 5.79. The van der Waals surface area contributed by atoms with Crippen LogP contribution in [-0.4, -0.2) is 45.9 Å². The van der Waals surface area contributed by atoms with E-state index in [9.17, 15) is 13.2 Å². The van der Waals surface area contributed by atoms with Crippen LogP contribution in [0.4, 0.5) is 5.69 Å². The van der Waals surface area contributed by atoms with E-state index in [-0.39, 0.29) is 24.1 Å². The number of carbonyl (C=O) groups is 1. The summed E-state index contributed by atoms with van der Waals surface area (Å²) in [6.07, 6.45) is 1.73. The maximum atomic E-state index is 12.6. The molecule has 0 aromatic heterocycles. The van der Waals surface area contributed by atoms with Crippen LogP contribution in [0, 0.1) is 0 Å². The molecule has 2 aliphatic heterocycles. The van der Waals surface area contributed by atoms with E-state index in [4.69, 9.17) is 4.74 Å². The number of hydrogen-bond donors (Lipinski definition) is 2. The lowest BCUT2D eigenvalue weighted by Crippen LogP contribution is -2.51. The topological polar surface area (TPSA) is 84.5 Å². The zero-order valence-electron chi connectivity index (χ0n) is 12.9. The number of rotatable bonds is 3. The highest BCUT2D eigenvalue weighted by molar-refractivity contribution is 7.91. The molecule has 0 atom stereocenters. The molecule has 0 bridgehead atoms. The van der Waals surface area contributed by atoms with Crippen molar-refractivity contribution in [3.63, 3.8) is 0 Å². The number of fused-ring (bicyclic) bond motifs is 1. The maximum Gasteiger partial charge on any atom is 0.256 e. The van der Waals surface area contributed by atoms with Crippen molar-refractivity contribution in [2.45, 2.75) is 29.8 Å². The Hall–Kier alpha value is -1.15. The number of amides is 1. The van der Waals surface area contributed by atoms with Gasteiger partial charge in [0.1, 0.15) is 5.60 Å². The number of nitrogens with one attached hydrogen (secondary N) is 2. The van der Waals surface area contributed by atoms with Gasteiger partial charge in [-0.25, -0.2) is 8.42 Å². The fraction of sp³-hybridized carbons (Fsp3) is 0.533. The van der Waals surface area contributed by atoms with Gasteiger partial charge >= 0.3 is 0 Å². The minimum atomic E-state index is -3.20. The van der Waals surface area contributed by atoms with E-state index in [0.717, 1.165) is 18.7 Å². The number of hydrogen-bond acceptors (Lipinski definition) is 5. The average molecular weight is 361 g/mol. The molecule has 128 valence electrons. The van der Waals surface area contributed by atoms with Gasteiger partial charge in [0, 0.05) is 12.8 Å². The number of anilines is 1. The van der Waals surface area contributed by atoms with E-state index in [1.807, 2.05) is 0 Å². The third kappa shape index (κ3) is 3.38. The minimum Gasteiger partial charge on any atom is -0.368 e. The Balaban J connectivity index is 0.00000192. The SMILES string of the molecule is COC1(C(=O)Nc2ccc3c(c2)S(=O)(=O)CC3)CCNCC1.Cl. The molecule has 0 radical (unpaired) electrons. The molecule has 8 heteroatoms. The largest absolute Gasteiger partial charge is 0.368 e. The summed E-state index contributed by atoms with van der Waals surface area (Å²) in [5.74, 6) is -0.0696. The Labute approximate surface area is 142 Å². The molecular formula is C15H21ClN2O4S. The number of sulfone groups is 1. The molecule has 3 rings (SSSR count). The summed E-state index contributed by atoms with van der Waals surface area (Å²) in [6, 6.07) is 5.08. The number of aryl methyl sites for hydroxylation is 1. The van der Waals surface area contributed by atoms with Gasteiger partial charge in [-0.3, -0.25) is 4.79 Å². The van der Waals surface area contributed by atoms with Gasteiger partial charge < -0.3 is 15.4 Å². The molecule has 1 saturated heterocycles. The molecule has 1 aromatic rings. The summed E-state index contributed by atoms with van der Waals surface area (Å²) in [5, 5.41) is 6.01. The van der Waals surface area contributed by atoms with Crippen LogP contribution >= 0.6 is 12.4 Å². The summed E-state index contributed by atoms with van der Waals surface area (Å²) in [7, 11) is -1.66. The molecule has 0 saturated carbocycles. The van der Waals surface area contributed by atoms with Crippen molar-refractivity contribution in [3.05, 3.63) is 23.8 Å². The van der Waals surface area contributed by atoms with Crippen LogP contribution in [-0.2, 0) is 25.8 Å². The predicted octanol–water partition coefficient (Wildman–Crippen LogP) is 1.15. The van der Waals surface area contributed by atoms with Gasteiger partial charge in [0.05, 0.1) is 10.6 Å². The van der Waals surface area contributed by atoms with Crippen LogP contribution < -0.4 is 10.6 Å². The van der Waals surface area contributed by atoms with E-state index in [2.05, 4.69) is 10.6 Å². The molecule has 23 heavy (non-hydrogen) atoms. The summed E-state index contributed by atoms with van der Waals surface area (Å²) in [5.41, 5.74) is 0.480. The van der Waals surface area contributed by atoms with Crippen molar-refractivity contribution < 1.29 is 17.9 Å². The smallest absolute Gasteiger partial charge is 0.256 e. The molecule has 6 nitrogen and oxygen atoms in total. The molecular weight excluding hydrogens is 340 g/mol. The van der Waals surface area contributed by atoms with Crippen molar-refractivity contribution in [1.82, 2.24) is 5.32 Å². The van der Waals surface area contributed by atoms with E-state index >= 15 is 0 Å². The standard InChI is InChI=1S/C15H20N2O4S.ClH/c1-21-15(5-7-16-8-6-15)14(18)17-12-3-2-11-4-9-22(19,20)13(11)10-12;/h2-3,10,16H,4-9H2,1H3,(H,17,18);1H. The van der Waals surface area contributed by atoms with Gasteiger partial charge in [0.15, 0.2) is 9.84 Å². The van der Waals surface area contributed by atoms with Crippen LogP contribution in [0.1, 0.15) is 18.4 Å². The van der Waals surface area contributed by atoms with E-state index in [0.29, 0.717) is 29.8 Å². The number of halogens is 1. The normalized spacial score (nSPS) is 21.1. The Morgan fingerprint density at radius 1 is 1.30 bits per heavy atom. The molecule has 0 spiro atoms. The zero-order chi connectivity index (χ0) is 15.8. The second kappa shape index (κ2) is 6.76. The van der Waals surface area contributed by atoms with Crippen molar-refractivity contribution in [2.24, 2.45) is 0 Å². The van der Waals surface area contributed by atoms with Gasteiger partial charge in [-0.05, 0) is 50.0 Å². The lowest BCUT2D eigenvalue weighted by molar-refractivity contribution is -0.140. The van der Waals surface area contributed by atoms with E-state index < -0.39 is 15.4 Å². The van der Waals surface area contributed by atoms with Crippen molar-refractivity contribution in [3.8, 4) is 0 Å². The third-order valence-corrected chi connectivity index (χ3v) is 6.31. The Kier molecular flexibility index (Phi) is 5.35. The summed E-state index contributed by atoms with van der Waals surface area (Å²) >= 11 is 0. The van der Waals surface area contributed by atoms with Crippen molar-refractivity contribution in [2.75, 3.05) is 31.3 Å². The molecule has 0 aliphatic carbocycles. The van der Waals surface area contributed by atoms with Gasteiger partial charge in [-0.2, -0.15) is 0 Å². The van der Waals surface area contributed by atoms with E-state index in [1.54, 1.807) is 18.2 Å². The molecule has 2 aliphatic rings. The minimum absolute atomic E-state index is 0. The highest BCUT2D eigenvalue weighted by Gasteiger charge is 2.40. The summed E-state index contributed by atoms with van der Waals surface area (Å²) in [6.45, 7) is 1.44. The number of ether oxygens (including phenoxy) is 1. The fourth-order valence-corrected chi connectivity index (χ4v) is 4.67. The van der Waals surface area contributed by atoms with Crippen LogP contribution in [0.3, 0.4) is 0 Å². The molecule has 1 amide bonds. The number of carbonyl (C=O) groups excluding carboxylic acids is 1. The monoisotopic (exact) mass is 360 g/mol. The first-order valence-corrected chi connectivity index (χ1v) is 9.05. The van der Waals surface area contributed by atoms with Crippen molar-refractivity contribution >= 4 is 33.8 Å². The Bertz CT molecular complexity index is 699. The lowest BCUT2D eigenvalue weighted by atomic mass is 9.91. The molecule has 2 heterocycles. The number of benzene rings is 1. The van der Waals surface area contributed by atoms with Gasteiger partial charge in [-0.15, -0.1) is 12.4 Å². The highest BCUT2D eigenvalue weighted by Crippen LogP contribution is 2.30. The van der Waals surface area contributed by atoms with Gasteiger partial charge in [0.2, 0.25) is 0 Å². The Morgan fingerprint density at radius 3 is 2.65 bits per heavy atom. The molecule has 1 aromatic carbocycles. The third-order valence-electron chi connectivity index (χ3n) is 4.52. The predicted molar refractivity (Wildman–Crippen MR) is 89.9 cm³/mol. The van der Waals surface area contributed by atoms with Crippen molar-refractivity contribution in [1.29, 1.82) is 0 Å². The summed E-state index contributed by atoms with van der Waals surface area (Å²) < 4.78 is 29.4. The average Bonchev–Trinajstić information content (AvgIpc) is 2.83. The van der Waals surface area contributed by atoms with Crippen LogP contribution in [0.2, 0.25) is 0 Å². The highest BCUT2D eigenvalue weighted by atomic mass is 35.5. The van der Waals surface area contributed by atoms with E-state index in [1.165, 1.54) is 7.11 Å². The molecule has 0 unspecified atom stereocenters. The first-order chi connectivity index (χ1) is 10.5. The molecule has 2 N–H and O–H groups in total. The fourth-order valence-electron chi connectivity index (χ4n) is 3.08. The van der Waals surface area contributed by atoms with Crippen LogP contribution in [0.15, 0.2) is 23.1 Å². The number of methoxy groups -OCH3 is 1. The Morgan fingerprint density at radius 2 is 2.00 bits per heavy atom. The number of piperidine rings is 1. The first kappa shape index (κ1) is 18.2. The molecule has 1 fully saturated rings. The summed E-state index contributed by atoms with van der Waals surface area (Å²) in [4.78, 5) is 12.9. The lowest BCUT2D eigenvalue weighted by Gasteiger charge is -2.34. The maximum absolute atomic E-state index is 12.6.